The number of carbonyl (C=O) groups is 2. The normalized spacial score (nSPS) is 19.7. The van der Waals surface area contributed by atoms with Crippen LogP contribution in [0.15, 0.2) is 42.5 Å². The van der Waals surface area contributed by atoms with Crippen LogP contribution in [0.5, 0.6) is 0 Å². The van der Waals surface area contributed by atoms with Crippen molar-refractivity contribution in [2.24, 2.45) is 0 Å². The van der Waals surface area contributed by atoms with Crippen LogP contribution in [0.1, 0.15) is 47.1 Å². The molecule has 1 aromatic carbocycles. The van der Waals surface area contributed by atoms with Crippen LogP contribution in [0.25, 0.3) is 0 Å². The van der Waals surface area contributed by atoms with Gasteiger partial charge in [0.05, 0.1) is 32.0 Å². The Morgan fingerprint density at radius 2 is 1.93 bits per heavy atom. The predicted molar refractivity (Wildman–Crippen MR) is 113 cm³/mol. The average molecular weight is 420 g/mol. The zero-order chi connectivity index (χ0) is 22.4. The van der Waals surface area contributed by atoms with Crippen LogP contribution in [-0.4, -0.2) is 53.6 Å². The van der Waals surface area contributed by atoms with Gasteiger partial charge in [-0.2, -0.15) is 0 Å². The minimum absolute atomic E-state index is 0.249. The molecule has 1 fully saturated rings. The third-order valence-electron chi connectivity index (χ3n) is 4.48. The molecule has 1 heterocycles. The lowest BCUT2D eigenvalue weighted by atomic mass is 10.1. The topological polar surface area (TPSA) is 74.3 Å². The maximum Gasteiger partial charge on any atom is 0.413 e. The van der Waals surface area contributed by atoms with Gasteiger partial charge in [0.1, 0.15) is 11.3 Å². The van der Waals surface area contributed by atoms with Gasteiger partial charge in [0.25, 0.3) is 0 Å². The Morgan fingerprint density at radius 1 is 1.27 bits per heavy atom. The van der Waals surface area contributed by atoms with Crippen molar-refractivity contribution in [2.75, 3.05) is 13.2 Å². The van der Waals surface area contributed by atoms with Crippen LogP contribution < -0.4 is 0 Å². The smallest absolute Gasteiger partial charge is 0.413 e. The first-order valence-corrected chi connectivity index (χ1v) is 10.2. The Labute approximate surface area is 178 Å². The molecule has 2 atom stereocenters. The largest absolute Gasteiger partial charge is 0.463 e. The number of esters is 1. The van der Waals surface area contributed by atoms with E-state index in [2.05, 4.69) is 0 Å². The Morgan fingerprint density at radius 3 is 2.53 bits per heavy atom. The Kier molecular flexibility index (Phi) is 8.03. The molecule has 1 aliphatic rings. The number of rotatable bonds is 7. The summed E-state index contributed by atoms with van der Waals surface area (Å²) in [6.45, 7) is 11.6. The average Bonchev–Trinajstić information content (AvgIpc) is 2.96. The first-order valence-electron chi connectivity index (χ1n) is 10.2. The summed E-state index contributed by atoms with van der Waals surface area (Å²) in [5.74, 6) is -0.465. The zero-order valence-corrected chi connectivity index (χ0v) is 18.7. The molecule has 0 bridgehead atoms. The molecule has 7 nitrogen and oxygen atoms in total. The molecule has 0 unspecified atom stereocenters. The molecule has 1 aromatic rings. The highest BCUT2D eigenvalue weighted by Crippen LogP contribution is 2.32. The summed E-state index contributed by atoms with van der Waals surface area (Å²) in [5.41, 5.74) is -0.547. The van der Waals surface area contributed by atoms with E-state index < -0.39 is 35.5 Å². The number of hydrogen-bond acceptors (Lipinski definition) is 6. The molecule has 0 aromatic heterocycles. The van der Waals surface area contributed by atoms with Crippen LogP contribution in [0.3, 0.4) is 0 Å². The number of amides is 1. The number of carbonyl (C=O) groups excluding carboxylic acids is 2. The molecule has 1 saturated heterocycles. The molecule has 0 saturated carbocycles. The van der Waals surface area contributed by atoms with E-state index in [1.54, 1.807) is 31.7 Å². The molecule has 0 spiro atoms. The minimum Gasteiger partial charge on any atom is -0.463 e. The fraction of sp³-hybridized carbons (Fsp3) is 0.565. The van der Waals surface area contributed by atoms with E-state index in [1.165, 1.54) is 6.08 Å². The molecular formula is C23H33NO6. The Bertz CT molecular complexity index is 738. The molecule has 2 rings (SSSR count). The van der Waals surface area contributed by atoms with Crippen molar-refractivity contribution < 1.29 is 28.5 Å². The minimum atomic E-state index is -0.876. The number of benzene rings is 1. The van der Waals surface area contributed by atoms with Crippen molar-refractivity contribution in [3.8, 4) is 0 Å². The third-order valence-corrected chi connectivity index (χ3v) is 4.48. The van der Waals surface area contributed by atoms with E-state index in [9.17, 15) is 9.59 Å². The van der Waals surface area contributed by atoms with Crippen molar-refractivity contribution in [3.63, 3.8) is 0 Å². The SMILES string of the molecule is CCOC(=O)/C=C\[C@@H](OCc1ccccc1)[C@@H]1COC(C)(C)N1C(=O)OC(C)(C)C. The molecule has 0 radical (unpaired) electrons. The van der Waals surface area contributed by atoms with Crippen LogP contribution in [0.4, 0.5) is 4.79 Å². The van der Waals surface area contributed by atoms with Gasteiger partial charge in [-0.15, -0.1) is 0 Å². The number of nitrogens with zero attached hydrogens (tertiary/aromatic N) is 1. The summed E-state index contributed by atoms with van der Waals surface area (Å²) in [6.07, 6.45) is 1.86. The van der Waals surface area contributed by atoms with Gasteiger partial charge < -0.3 is 18.9 Å². The maximum absolute atomic E-state index is 13.0. The first kappa shape index (κ1) is 23.9. The second-order valence-electron chi connectivity index (χ2n) is 8.55. The maximum atomic E-state index is 13.0. The van der Waals surface area contributed by atoms with E-state index in [4.69, 9.17) is 18.9 Å². The number of hydrogen-bond donors (Lipinski definition) is 0. The molecule has 0 aliphatic carbocycles. The Hall–Kier alpha value is -2.38. The lowest BCUT2D eigenvalue weighted by molar-refractivity contribution is -0.137. The molecule has 7 heteroatoms. The van der Waals surface area contributed by atoms with Crippen LogP contribution in [0.2, 0.25) is 0 Å². The van der Waals surface area contributed by atoms with E-state index in [-0.39, 0.29) is 13.2 Å². The van der Waals surface area contributed by atoms with E-state index in [0.717, 1.165) is 5.56 Å². The first-order chi connectivity index (χ1) is 14.0. The van der Waals surface area contributed by atoms with Gasteiger partial charge in [0.2, 0.25) is 0 Å². The zero-order valence-electron chi connectivity index (χ0n) is 18.7. The lowest BCUT2D eigenvalue weighted by Crippen LogP contribution is -2.53. The molecular weight excluding hydrogens is 386 g/mol. The van der Waals surface area contributed by atoms with Crippen LogP contribution in [0, 0.1) is 0 Å². The van der Waals surface area contributed by atoms with Crippen molar-refractivity contribution in [3.05, 3.63) is 48.0 Å². The fourth-order valence-electron chi connectivity index (χ4n) is 3.17. The van der Waals surface area contributed by atoms with E-state index >= 15 is 0 Å². The quantitative estimate of drug-likeness (QED) is 0.490. The van der Waals surface area contributed by atoms with Gasteiger partial charge in [-0.25, -0.2) is 9.59 Å². The van der Waals surface area contributed by atoms with Gasteiger partial charge in [-0.05, 0) is 53.2 Å². The summed E-state index contributed by atoms with van der Waals surface area (Å²) in [6, 6.07) is 9.22. The highest BCUT2D eigenvalue weighted by molar-refractivity contribution is 5.82. The van der Waals surface area contributed by atoms with Crippen LogP contribution >= 0.6 is 0 Å². The van der Waals surface area contributed by atoms with Gasteiger partial charge in [-0.1, -0.05) is 30.3 Å². The van der Waals surface area contributed by atoms with Gasteiger partial charge in [0.15, 0.2) is 0 Å². The van der Waals surface area contributed by atoms with Crippen molar-refractivity contribution in [1.82, 2.24) is 4.90 Å². The van der Waals surface area contributed by atoms with Gasteiger partial charge in [-0.3, -0.25) is 4.90 Å². The number of ether oxygens (including phenoxy) is 4. The molecule has 1 aliphatic heterocycles. The summed E-state index contributed by atoms with van der Waals surface area (Å²) in [4.78, 5) is 26.4. The highest BCUT2D eigenvalue weighted by atomic mass is 16.6. The molecule has 1 amide bonds. The van der Waals surface area contributed by atoms with Crippen molar-refractivity contribution in [1.29, 1.82) is 0 Å². The monoisotopic (exact) mass is 419 g/mol. The summed E-state index contributed by atoms with van der Waals surface area (Å²) in [5, 5.41) is 0. The summed E-state index contributed by atoms with van der Waals surface area (Å²) < 4.78 is 22.6. The van der Waals surface area contributed by atoms with E-state index in [0.29, 0.717) is 6.61 Å². The van der Waals surface area contributed by atoms with Gasteiger partial charge in [0, 0.05) is 6.08 Å². The van der Waals surface area contributed by atoms with Crippen LogP contribution in [-0.2, 0) is 30.3 Å². The second-order valence-corrected chi connectivity index (χ2v) is 8.55. The fourth-order valence-corrected chi connectivity index (χ4v) is 3.17. The van der Waals surface area contributed by atoms with E-state index in [1.807, 2.05) is 51.1 Å². The Balaban J connectivity index is 2.26. The van der Waals surface area contributed by atoms with Crippen molar-refractivity contribution >= 4 is 12.1 Å². The predicted octanol–water partition coefficient (Wildman–Crippen LogP) is 4.06. The molecule has 30 heavy (non-hydrogen) atoms. The van der Waals surface area contributed by atoms with Crippen molar-refractivity contribution in [2.45, 2.75) is 71.6 Å². The summed E-state index contributed by atoms with van der Waals surface area (Å²) >= 11 is 0. The highest BCUT2D eigenvalue weighted by Gasteiger charge is 2.48. The van der Waals surface area contributed by atoms with Gasteiger partial charge >= 0.3 is 12.1 Å². The molecule has 166 valence electrons. The molecule has 0 N–H and O–H groups in total. The lowest BCUT2D eigenvalue weighted by Gasteiger charge is -2.37. The summed E-state index contributed by atoms with van der Waals surface area (Å²) in [7, 11) is 0. The second kappa shape index (κ2) is 10.1. The third kappa shape index (κ3) is 6.85. The standard InChI is InChI=1S/C23H33NO6/c1-7-27-20(25)14-13-19(28-15-17-11-9-8-10-12-17)18-16-29-23(5,6)24(18)21(26)30-22(2,3)4/h8-14,18-19H,7,15-16H2,1-6H3/b14-13-/t18-,19+/m0/s1.